The monoisotopic (exact) mass is 270 g/mol. The van der Waals surface area contributed by atoms with Gasteiger partial charge in [-0.2, -0.15) is 0 Å². The maximum absolute atomic E-state index is 11.7. The summed E-state index contributed by atoms with van der Waals surface area (Å²) in [6.45, 7) is 2.20. The highest BCUT2D eigenvalue weighted by Gasteiger charge is 2.19. The summed E-state index contributed by atoms with van der Waals surface area (Å²) in [7, 11) is 1.50. The molecule has 1 amide bonds. The summed E-state index contributed by atoms with van der Waals surface area (Å²) >= 11 is 0. The number of nitrogens with one attached hydrogen (secondary N) is 1. The first-order valence-electron chi connectivity index (χ1n) is 6.04. The smallest absolute Gasteiger partial charge is 0.308 e. The molecule has 0 radical (unpaired) electrons. The molecule has 0 aliphatic rings. The van der Waals surface area contributed by atoms with Crippen molar-refractivity contribution >= 4 is 11.9 Å². The number of hydrogen-bond acceptors (Lipinski definition) is 5. The van der Waals surface area contributed by atoms with E-state index in [9.17, 15) is 9.59 Å². The summed E-state index contributed by atoms with van der Waals surface area (Å²) in [6.07, 6.45) is 1.26. The second kappa shape index (κ2) is 7.52. The van der Waals surface area contributed by atoms with Gasteiger partial charge in [0.25, 0.3) is 5.91 Å². The molecule has 2 N–H and O–H groups in total. The molecule has 1 unspecified atom stereocenters. The van der Waals surface area contributed by atoms with Crippen LogP contribution in [0, 0.1) is 5.92 Å². The van der Waals surface area contributed by atoms with Crippen molar-refractivity contribution in [3.8, 4) is 0 Å². The fraction of sp³-hybridized carbons (Fsp3) is 0.583. The van der Waals surface area contributed by atoms with E-state index < -0.39 is 17.8 Å². The van der Waals surface area contributed by atoms with Crippen LogP contribution in [0.2, 0.25) is 0 Å². The summed E-state index contributed by atoms with van der Waals surface area (Å²) in [6, 6.07) is 1.47. The third-order valence-electron chi connectivity index (χ3n) is 2.57. The third kappa shape index (κ3) is 4.70. The Hall–Kier alpha value is -1.89. The zero-order valence-electron chi connectivity index (χ0n) is 11.0. The van der Waals surface area contributed by atoms with Gasteiger partial charge in [0.05, 0.1) is 5.92 Å². The predicted molar refractivity (Wildman–Crippen MR) is 65.6 cm³/mol. The second-order valence-electron chi connectivity index (χ2n) is 4.15. The molecule has 7 nitrogen and oxygen atoms in total. The van der Waals surface area contributed by atoms with E-state index in [4.69, 9.17) is 14.4 Å². The molecule has 0 saturated heterocycles. The van der Waals surface area contributed by atoms with Crippen molar-refractivity contribution in [1.82, 2.24) is 10.5 Å². The van der Waals surface area contributed by atoms with E-state index in [1.807, 2.05) is 6.92 Å². The van der Waals surface area contributed by atoms with Crippen LogP contribution in [0.3, 0.4) is 0 Å². The Morgan fingerprint density at radius 1 is 1.58 bits per heavy atom. The first-order valence-corrected chi connectivity index (χ1v) is 6.04. The molecule has 0 aromatic carbocycles. The van der Waals surface area contributed by atoms with Crippen molar-refractivity contribution in [3.05, 3.63) is 17.5 Å². The van der Waals surface area contributed by atoms with Gasteiger partial charge in [0.2, 0.25) is 0 Å². The van der Waals surface area contributed by atoms with Crippen LogP contribution in [0.5, 0.6) is 0 Å². The van der Waals surface area contributed by atoms with Crippen LogP contribution in [-0.2, 0) is 16.1 Å². The molecule has 0 aliphatic heterocycles. The summed E-state index contributed by atoms with van der Waals surface area (Å²) in [5.74, 6) is -1.51. The van der Waals surface area contributed by atoms with Gasteiger partial charge in [-0.1, -0.05) is 18.5 Å². The van der Waals surface area contributed by atoms with E-state index in [2.05, 4.69) is 10.5 Å². The maximum Gasteiger partial charge on any atom is 0.308 e. The second-order valence-corrected chi connectivity index (χ2v) is 4.15. The zero-order chi connectivity index (χ0) is 14.3. The fourth-order valence-corrected chi connectivity index (χ4v) is 1.60. The molecule has 0 bridgehead atoms. The lowest BCUT2D eigenvalue weighted by atomic mass is 10.0. The van der Waals surface area contributed by atoms with E-state index in [1.54, 1.807) is 0 Å². The Balaban J connectivity index is 2.51. The van der Waals surface area contributed by atoms with Crippen LogP contribution in [0.4, 0.5) is 0 Å². The van der Waals surface area contributed by atoms with Crippen LogP contribution in [0.15, 0.2) is 10.6 Å². The Kier molecular flexibility index (Phi) is 6.01. The minimum Gasteiger partial charge on any atom is -0.481 e. The minimum atomic E-state index is -0.914. The molecule has 0 aliphatic carbocycles. The van der Waals surface area contributed by atoms with E-state index in [0.29, 0.717) is 12.2 Å². The normalized spacial score (nSPS) is 12.1. The number of aromatic nitrogens is 1. The van der Waals surface area contributed by atoms with Gasteiger partial charge >= 0.3 is 5.97 Å². The van der Waals surface area contributed by atoms with Crippen molar-refractivity contribution in [3.63, 3.8) is 0 Å². The van der Waals surface area contributed by atoms with Gasteiger partial charge in [0.1, 0.15) is 6.61 Å². The van der Waals surface area contributed by atoms with Crippen LogP contribution in [0.1, 0.15) is 36.0 Å². The van der Waals surface area contributed by atoms with E-state index in [1.165, 1.54) is 13.2 Å². The Labute approximate surface area is 110 Å². The number of carbonyl (C=O) groups is 2. The lowest BCUT2D eigenvalue weighted by Gasteiger charge is -2.11. The minimum absolute atomic E-state index is 0.0779. The Morgan fingerprint density at radius 3 is 2.89 bits per heavy atom. The van der Waals surface area contributed by atoms with E-state index >= 15 is 0 Å². The molecular weight excluding hydrogens is 252 g/mol. The quantitative estimate of drug-likeness (QED) is 0.732. The van der Waals surface area contributed by atoms with E-state index in [0.717, 1.165) is 6.42 Å². The molecule has 0 fully saturated rings. The molecule has 106 valence electrons. The number of aliphatic carboxylic acids is 1. The number of rotatable bonds is 8. The number of carbonyl (C=O) groups excluding carboxylic acids is 1. The highest BCUT2D eigenvalue weighted by atomic mass is 16.5. The molecule has 7 heteroatoms. The average Bonchev–Trinajstić information content (AvgIpc) is 2.83. The number of amides is 1. The van der Waals surface area contributed by atoms with Gasteiger partial charge in [-0.15, -0.1) is 0 Å². The predicted octanol–water partition coefficient (Wildman–Crippen LogP) is 1.05. The number of hydrogen-bond donors (Lipinski definition) is 2. The van der Waals surface area contributed by atoms with Gasteiger partial charge in [-0.3, -0.25) is 9.59 Å². The molecule has 0 spiro atoms. The highest BCUT2D eigenvalue weighted by molar-refractivity contribution is 5.92. The highest BCUT2D eigenvalue weighted by Crippen LogP contribution is 2.07. The van der Waals surface area contributed by atoms with Crippen molar-refractivity contribution in [1.29, 1.82) is 0 Å². The fourth-order valence-electron chi connectivity index (χ4n) is 1.60. The largest absolute Gasteiger partial charge is 0.481 e. The van der Waals surface area contributed by atoms with E-state index in [-0.39, 0.29) is 18.8 Å². The number of carboxylic acid groups (broad SMARTS) is 1. The Morgan fingerprint density at radius 2 is 2.32 bits per heavy atom. The molecule has 0 saturated carbocycles. The number of methoxy groups -OCH3 is 1. The third-order valence-corrected chi connectivity index (χ3v) is 2.57. The van der Waals surface area contributed by atoms with Gasteiger partial charge in [0.15, 0.2) is 11.5 Å². The molecule has 1 aromatic heterocycles. The standard InChI is InChI=1S/C12H18N2O5/c1-3-4-8(12(16)17)6-13-11(15)10-5-9(7-18-2)19-14-10/h5,8H,3-4,6-7H2,1-2H3,(H,13,15)(H,16,17). The lowest BCUT2D eigenvalue weighted by molar-refractivity contribution is -0.141. The molecule has 1 atom stereocenters. The van der Waals surface area contributed by atoms with Gasteiger partial charge in [-0.05, 0) is 6.42 Å². The number of carboxylic acids is 1. The van der Waals surface area contributed by atoms with Crippen LogP contribution >= 0.6 is 0 Å². The SMILES string of the molecule is CCCC(CNC(=O)c1cc(COC)on1)C(=O)O. The molecule has 1 rings (SSSR count). The van der Waals surface area contributed by atoms with Gasteiger partial charge in [0, 0.05) is 19.7 Å². The summed E-state index contributed by atoms with van der Waals surface area (Å²) in [5, 5.41) is 15.1. The Bertz CT molecular complexity index is 430. The summed E-state index contributed by atoms with van der Waals surface area (Å²) in [5.41, 5.74) is 0.118. The maximum atomic E-state index is 11.7. The molecule has 19 heavy (non-hydrogen) atoms. The number of nitrogens with zero attached hydrogens (tertiary/aromatic N) is 1. The topological polar surface area (TPSA) is 102 Å². The van der Waals surface area contributed by atoms with Gasteiger partial charge in [-0.25, -0.2) is 0 Å². The molecular formula is C12H18N2O5. The van der Waals surface area contributed by atoms with Crippen LogP contribution in [0.25, 0.3) is 0 Å². The van der Waals surface area contributed by atoms with Crippen LogP contribution in [-0.4, -0.2) is 35.8 Å². The first-order chi connectivity index (χ1) is 9.08. The van der Waals surface area contributed by atoms with Gasteiger partial charge < -0.3 is 19.7 Å². The van der Waals surface area contributed by atoms with Crippen molar-refractivity contribution in [2.75, 3.05) is 13.7 Å². The average molecular weight is 270 g/mol. The first kappa shape index (κ1) is 15.2. The summed E-state index contributed by atoms with van der Waals surface area (Å²) in [4.78, 5) is 22.7. The van der Waals surface area contributed by atoms with Crippen molar-refractivity contribution < 1.29 is 24.0 Å². The summed E-state index contributed by atoms with van der Waals surface area (Å²) < 4.78 is 9.72. The lowest BCUT2D eigenvalue weighted by Crippen LogP contribution is -2.33. The number of ether oxygens (including phenoxy) is 1. The molecule has 1 heterocycles. The molecule has 1 aromatic rings. The zero-order valence-corrected chi connectivity index (χ0v) is 11.0. The van der Waals surface area contributed by atoms with Crippen molar-refractivity contribution in [2.24, 2.45) is 5.92 Å². The van der Waals surface area contributed by atoms with Crippen LogP contribution < -0.4 is 5.32 Å². The van der Waals surface area contributed by atoms with Crippen molar-refractivity contribution in [2.45, 2.75) is 26.4 Å².